The molecule has 0 amide bonds. The van der Waals surface area contributed by atoms with Crippen molar-refractivity contribution in [2.45, 2.75) is 20.8 Å². The van der Waals surface area contributed by atoms with Crippen molar-refractivity contribution in [2.24, 2.45) is 0 Å². The fraction of sp³-hybridized carbons (Fsp3) is 0.217. The third kappa shape index (κ3) is 3.51. The van der Waals surface area contributed by atoms with E-state index in [2.05, 4.69) is 98.5 Å². The SMILES string of the molecule is CCN(CC)c1ccc(-c2ccc(-c3ccc(C)cc3)cc2)cc1. The van der Waals surface area contributed by atoms with Gasteiger partial charge in [-0.1, -0.05) is 66.2 Å². The summed E-state index contributed by atoms with van der Waals surface area (Å²) in [4.78, 5) is 2.37. The minimum Gasteiger partial charge on any atom is -0.372 e. The van der Waals surface area contributed by atoms with E-state index in [1.807, 2.05) is 0 Å². The van der Waals surface area contributed by atoms with E-state index in [0.29, 0.717) is 0 Å². The van der Waals surface area contributed by atoms with Gasteiger partial charge in [0.25, 0.3) is 0 Å². The quantitative estimate of drug-likeness (QED) is 0.544. The Morgan fingerprint density at radius 2 is 0.875 bits per heavy atom. The predicted octanol–water partition coefficient (Wildman–Crippen LogP) is 6.18. The standard InChI is InChI=1S/C23H25N/c1-4-24(5-2)23-16-14-22(15-17-23)21-12-10-20(11-13-21)19-8-6-18(3)7-9-19/h6-17H,4-5H2,1-3H3. The second kappa shape index (κ2) is 7.35. The Hall–Kier alpha value is -2.54. The van der Waals surface area contributed by atoms with Gasteiger partial charge in [0.15, 0.2) is 0 Å². The lowest BCUT2D eigenvalue weighted by molar-refractivity contribution is 0.866. The van der Waals surface area contributed by atoms with Crippen LogP contribution >= 0.6 is 0 Å². The molecule has 24 heavy (non-hydrogen) atoms. The van der Waals surface area contributed by atoms with Gasteiger partial charge in [-0.2, -0.15) is 0 Å². The minimum atomic E-state index is 1.04. The lowest BCUT2D eigenvalue weighted by Gasteiger charge is -2.21. The molecule has 0 aliphatic heterocycles. The van der Waals surface area contributed by atoms with Gasteiger partial charge in [-0.3, -0.25) is 0 Å². The molecule has 0 aliphatic carbocycles. The normalized spacial score (nSPS) is 10.6. The van der Waals surface area contributed by atoms with Gasteiger partial charge in [0.05, 0.1) is 0 Å². The first-order valence-corrected chi connectivity index (χ1v) is 8.73. The van der Waals surface area contributed by atoms with Gasteiger partial charge >= 0.3 is 0 Å². The number of aryl methyl sites for hydroxylation is 1. The van der Waals surface area contributed by atoms with E-state index in [0.717, 1.165) is 13.1 Å². The molecule has 1 heteroatoms. The van der Waals surface area contributed by atoms with E-state index < -0.39 is 0 Å². The van der Waals surface area contributed by atoms with Crippen molar-refractivity contribution in [1.82, 2.24) is 0 Å². The highest BCUT2D eigenvalue weighted by molar-refractivity contribution is 5.71. The summed E-state index contributed by atoms with van der Waals surface area (Å²) in [6.07, 6.45) is 0. The third-order valence-corrected chi connectivity index (χ3v) is 4.60. The van der Waals surface area contributed by atoms with Gasteiger partial charge in [-0.15, -0.1) is 0 Å². The zero-order chi connectivity index (χ0) is 16.9. The van der Waals surface area contributed by atoms with Crippen LogP contribution in [0, 0.1) is 6.92 Å². The highest BCUT2D eigenvalue weighted by atomic mass is 15.1. The Kier molecular flexibility index (Phi) is 5.00. The fourth-order valence-corrected chi connectivity index (χ4v) is 3.05. The molecule has 0 aliphatic rings. The van der Waals surface area contributed by atoms with Crippen molar-refractivity contribution in [1.29, 1.82) is 0 Å². The van der Waals surface area contributed by atoms with Crippen molar-refractivity contribution in [2.75, 3.05) is 18.0 Å². The van der Waals surface area contributed by atoms with Crippen LogP contribution in [-0.2, 0) is 0 Å². The van der Waals surface area contributed by atoms with E-state index in [9.17, 15) is 0 Å². The van der Waals surface area contributed by atoms with Crippen molar-refractivity contribution >= 4 is 5.69 Å². The summed E-state index contributed by atoms with van der Waals surface area (Å²) in [6, 6.07) is 26.4. The Morgan fingerprint density at radius 3 is 1.25 bits per heavy atom. The molecular weight excluding hydrogens is 290 g/mol. The summed E-state index contributed by atoms with van der Waals surface area (Å²) in [5, 5.41) is 0. The van der Waals surface area contributed by atoms with Crippen LogP contribution in [0.25, 0.3) is 22.3 Å². The zero-order valence-corrected chi connectivity index (χ0v) is 14.8. The third-order valence-electron chi connectivity index (χ3n) is 4.60. The predicted molar refractivity (Wildman–Crippen MR) is 106 cm³/mol. The first-order chi connectivity index (χ1) is 11.7. The second-order valence-electron chi connectivity index (χ2n) is 6.16. The van der Waals surface area contributed by atoms with Crippen LogP contribution in [0.15, 0.2) is 72.8 Å². The summed E-state index contributed by atoms with van der Waals surface area (Å²) in [6.45, 7) is 8.60. The molecule has 0 atom stereocenters. The molecule has 0 bridgehead atoms. The number of benzene rings is 3. The van der Waals surface area contributed by atoms with Crippen molar-refractivity contribution in [3.63, 3.8) is 0 Å². The maximum Gasteiger partial charge on any atom is 0.0366 e. The highest BCUT2D eigenvalue weighted by Gasteiger charge is 2.03. The molecule has 0 aromatic heterocycles. The van der Waals surface area contributed by atoms with Crippen LogP contribution in [0.2, 0.25) is 0 Å². The molecule has 1 nitrogen and oxygen atoms in total. The lowest BCUT2D eigenvalue weighted by atomic mass is 9.99. The van der Waals surface area contributed by atoms with Crippen LogP contribution < -0.4 is 4.90 Å². The molecule has 0 fully saturated rings. The van der Waals surface area contributed by atoms with Gasteiger partial charge < -0.3 is 4.90 Å². The van der Waals surface area contributed by atoms with Crippen molar-refractivity contribution < 1.29 is 0 Å². The summed E-state index contributed by atoms with van der Waals surface area (Å²) >= 11 is 0. The second-order valence-corrected chi connectivity index (χ2v) is 6.16. The Bertz CT molecular complexity index is 764. The van der Waals surface area contributed by atoms with Crippen LogP contribution in [0.5, 0.6) is 0 Å². The Morgan fingerprint density at radius 1 is 0.542 bits per heavy atom. The van der Waals surface area contributed by atoms with Gasteiger partial charge in [-0.25, -0.2) is 0 Å². The fourth-order valence-electron chi connectivity index (χ4n) is 3.05. The van der Waals surface area contributed by atoms with Gasteiger partial charge in [0.1, 0.15) is 0 Å². The molecule has 3 rings (SSSR count). The number of nitrogens with zero attached hydrogens (tertiary/aromatic N) is 1. The van der Waals surface area contributed by atoms with Crippen LogP contribution in [0.4, 0.5) is 5.69 Å². The molecule has 0 spiro atoms. The first-order valence-electron chi connectivity index (χ1n) is 8.73. The van der Waals surface area contributed by atoms with E-state index in [-0.39, 0.29) is 0 Å². The average molecular weight is 315 g/mol. The molecule has 3 aromatic rings. The number of hydrogen-bond acceptors (Lipinski definition) is 1. The minimum absolute atomic E-state index is 1.04. The van der Waals surface area contributed by atoms with E-state index in [4.69, 9.17) is 0 Å². The number of hydrogen-bond donors (Lipinski definition) is 0. The summed E-state index contributed by atoms with van der Waals surface area (Å²) < 4.78 is 0. The zero-order valence-electron chi connectivity index (χ0n) is 14.8. The average Bonchev–Trinajstić information content (AvgIpc) is 2.64. The molecule has 122 valence electrons. The molecule has 0 saturated carbocycles. The number of anilines is 1. The van der Waals surface area contributed by atoms with Crippen LogP contribution in [-0.4, -0.2) is 13.1 Å². The smallest absolute Gasteiger partial charge is 0.0366 e. The highest BCUT2D eigenvalue weighted by Crippen LogP contribution is 2.26. The van der Waals surface area contributed by atoms with E-state index in [1.54, 1.807) is 0 Å². The summed E-state index contributed by atoms with van der Waals surface area (Å²) in [5.74, 6) is 0. The van der Waals surface area contributed by atoms with Gasteiger partial charge in [-0.05, 0) is 55.2 Å². The maximum absolute atomic E-state index is 2.37. The molecule has 3 aromatic carbocycles. The van der Waals surface area contributed by atoms with Gasteiger partial charge in [0, 0.05) is 18.8 Å². The molecular formula is C23H25N. The van der Waals surface area contributed by atoms with Crippen LogP contribution in [0.1, 0.15) is 19.4 Å². The monoisotopic (exact) mass is 315 g/mol. The Labute approximate surface area is 145 Å². The molecule has 0 saturated heterocycles. The summed E-state index contributed by atoms with van der Waals surface area (Å²) in [5.41, 5.74) is 7.64. The lowest BCUT2D eigenvalue weighted by Crippen LogP contribution is -2.21. The summed E-state index contributed by atoms with van der Waals surface area (Å²) in [7, 11) is 0. The molecule has 0 radical (unpaired) electrons. The first kappa shape index (κ1) is 16.3. The van der Waals surface area contributed by atoms with Crippen molar-refractivity contribution in [3.8, 4) is 22.3 Å². The topological polar surface area (TPSA) is 3.24 Å². The van der Waals surface area contributed by atoms with Crippen LogP contribution in [0.3, 0.4) is 0 Å². The van der Waals surface area contributed by atoms with E-state index in [1.165, 1.54) is 33.5 Å². The molecule has 0 heterocycles. The molecule has 0 unspecified atom stereocenters. The number of rotatable bonds is 5. The Balaban J connectivity index is 1.81. The van der Waals surface area contributed by atoms with Gasteiger partial charge in [0.2, 0.25) is 0 Å². The maximum atomic E-state index is 2.37. The van der Waals surface area contributed by atoms with E-state index >= 15 is 0 Å². The molecule has 0 N–H and O–H groups in total. The van der Waals surface area contributed by atoms with Crippen molar-refractivity contribution in [3.05, 3.63) is 78.4 Å². The largest absolute Gasteiger partial charge is 0.372 e.